The van der Waals surface area contributed by atoms with Crippen LogP contribution in [0.1, 0.15) is 16.5 Å². The maximum Gasteiger partial charge on any atom is 0.246 e. The van der Waals surface area contributed by atoms with Crippen molar-refractivity contribution in [3.05, 3.63) is 46.2 Å². The minimum Gasteiger partial charge on any atom is -0.505 e. The first kappa shape index (κ1) is 12.6. The van der Waals surface area contributed by atoms with Crippen molar-refractivity contribution < 1.29 is 9.90 Å². The number of phenolic OH excluding ortho intramolecular Hbond substituents is 1. The molecule has 0 aliphatic carbocycles. The Balaban J connectivity index is 2.14. The van der Waals surface area contributed by atoms with Crippen molar-refractivity contribution in [1.82, 2.24) is 0 Å². The van der Waals surface area contributed by atoms with Crippen molar-refractivity contribution in [2.75, 3.05) is 5.32 Å². The van der Waals surface area contributed by atoms with Gasteiger partial charge in [-0.05, 0) is 30.0 Å². The van der Waals surface area contributed by atoms with Crippen molar-refractivity contribution in [1.29, 1.82) is 0 Å². The third-order valence-corrected chi connectivity index (χ3v) is 3.58. The third kappa shape index (κ3) is 2.52. The molecule has 1 heterocycles. The molecular formula is C13H14N2O2S. The molecule has 2 rings (SSSR count). The Morgan fingerprint density at radius 1 is 1.39 bits per heavy atom. The number of anilines is 1. The van der Waals surface area contributed by atoms with E-state index in [1.807, 2.05) is 17.5 Å². The molecule has 1 unspecified atom stereocenters. The number of para-hydroxylation sites is 1. The van der Waals surface area contributed by atoms with E-state index in [0.717, 1.165) is 4.88 Å². The molecular weight excluding hydrogens is 248 g/mol. The maximum absolute atomic E-state index is 11.9. The molecule has 0 spiro atoms. The number of hydrogen-bond acceptors (Lipinski definition) is 4. The minimum absolute atomic E-state index is 0.0734. The molecule has 5 heteroatoms. The van der Waals surface area contributed by atoms with Crippen LogP contribution in [0.5, 0.6) is 5.75 Å². The van der Waals surface area contributed by atoms with E-state index < -0.39 is 6.04 Å². The summed E-state index contributed by atoms with van der Waals surface area (Å²) in [5.74, 6) is -0.262. The van der Waals surface area contributed by atoms with Crippen LogP contribution in [-0.4, -0.2) is 11.0 Å². The van der Waals surface area contributed by atoms with Gasteiger partial charge >= 0.3 is 0 Å². The van der Waals surface area contributed by atoms with Crippen LogP contribution in [-0.2, 0) is 4.79 Å². The lowest BCUT2D eigenvalue weighted by molar-refractivity contribution is -0.117. The largest absolute Gasteiger partial charge is 0.505 e. The summed E-state index contributed by atoms with van der Waals surface area (Å²) < 4.78 is 0. The van der Waals surface area contributed by atoms with Crippen molar-refractivity contribution in [2.24, 2.45) is 5.73 Å². The van der Waals surface area contributed by atoms with Crippen LogP contribution in [0.3, 0.4) is 0 Å². The molecule has 4 N–H and O–H groups in total. The number of benzene rings is 1. The normalized spacial score (nSPS) is 12.1. The van der Waals surface area contributed by atoms with Gasteiger partial charge in [-0.15, -0.1) is 11.3 Å². The number of nitrogens with two attached hydrogens (primary N) is 1. The van der Waals surface area contributed by atoms with Gasteiger partial charge in [-0.1, -0.05) is 18.2 Å². The average Bonchev–Trinajstić information content (AvgIpc) is 2.87. The molecule has 0 saturated heterocycles. The Morgan fingerprint density at radius 2 is 2.17 bits per heavy atom. The van der Waals surface area contributed by atoms with Gasteiger partial charge < -0.3 is 16.2 Å². The number of aromatic hydroxyl groups is 1. The highest BCUT2D eigenvalue weighted by atomic mass is 32.1. The second-order valence-corrected chi connectivity index (χ2v) is 4.93. The van der Waals surface area contributed by atoms with Crippen LogP contribution < -0.4 is 11.1 Å². The first-order valence-electron chi connectivity index (χ1n) is 5.48. The van der Waals surface area contributed by atoms with Crippen molar-refractivity contribution in [3.63, 3.8) is 0 Å². The van der Waals surface area contributed by atoms with E-state index >= 15 is 0 Å². The molecule has 0 fully saturated rings. The average molecular weight is 262 g/mol. The summed E-state index contributed by atoms with van der Waals surface area (Å²) in [4.78, 5) is 12.7. The van der Waals surface area contributed by atoms with E-state index in [1.165, 1.54) is 11.3 Å². The predicted octanol–water partition coefficient (Wildman–Crippen LogP) is 2.40. The minimum atomic E-state index is -0.718. The topological polar surface area (TPSA) is 75.4 Å². The molecule has 0 bridgehead atoms. The van der Waals surface area contributed by atoms with E-state index in [1.54, 1.807) is 25.1 Å². The Kier molecular flexibility index (Phi) is 3.64. The summed E-state index contributed by atoms with van der Waals surface area (Å²) in [6.07, 6.45) is 0. The van der Waals surface area contributed by atoms with Gasteiger partial charge in [0, 0.05) is 4.88 Å². The molecule has 0 radical (unpaired) electrons. The molecule has 0 aliphatic heterocycles. The van der Waals surface area contributed by atoms with Crippen LogP contribution in [0, 0.1) is 6.92 Å². The van der Waals surface area contributed by atoms with Crippen LogP contribution >= 0.6 is 11.3 Å². The van der Waals surface area contributed by atoms with E-state index in [0.29, 0.717) is 11.3 Å². The standard InChI is InChI=1S/C13H14N2O2S/c1-8-4-2-5-9(12(8)16)15-13(17)11(14)10-6-3-7-18-10/h2-7,11,16H,14H2,1H3,(H,15,17). The van der Waals surface area contributed by atoms with E-state index in [4.69, 9.17) is 5.73 Å². The number of nitrogens with one attached hydrogen (secondary N) is 1. The SMILES string of the molecule is Cc1cccc(NC(=O)C(N)c2cccs2)c1O. The molecule has 1 amide bonds. The van der Waals surface area contributed by atoms with Crippen molar-refractivity contribution in [2.45, 2.75) is 13.0 Å². The van der Waals surface area contributed by atoms with Crippen LogP contribution in [0.4, 0.5) is 5.69 Å². The second-order valence-electron chi connectivity index (χ2n) is 3.95. The number of thiophene rings is 1. The van der Waals surface area contributed by atoms with Gasteiger partial charge in [-0.2, -0.15) is 0 Å². The number of hydrogen-bond donors (Lipinski definition) is 3. The molecule has 2 aromatic rings. The highest BCUT2D eigenvalue weighted by Gasteiger charge is 2.18. The van der Waals surface area contributed by atoms with E-state index in [-0.39, 0.29) is 11.7 Å². The summed E-state index contributed by atoms with van der Waals surface area (Å²) >= 11 is 1.43. The molecule has 18 heavy (non-hydrogen) atoms. The summed E-state index contributed by atoms with van der Waals surface area (Å²) in [7, 11) is 0. The van der Waals surface area contributed by atoms with Gasteiger partial charge in [0.2, 0.25) is 5.91 Å². The smallest absolute Gasteiger partial charge is 0.246 e. The molecule has 1 atom stereocenters. The summed E-state index contributed by atoms with van der Waals surface area (Å²) in [6, 6.07) is 8.11. The predicted molar refractivity (Wildman–Crippen MR) is 72.7 cm³/mol. The first-order chi connectivity index (χ1) is 8.59. The Bertz CT molecular complexity index is 552. The first-order valence-corrected chi connectivity index (χ1v) is 6.36. The molecule has 0 aliphatic rings. The van der Waals surface area contributed by atoms with Crippen molar-refractivity contribution in [3.8, 4) is 5.75 Å². The molecule has 94 valence electrons. The lowest BCUT2D eigenvalue weighted by atomic mass is 10.2. The molecule has 1 aromatic heterocycles. The summed E-state index contributed by atoms with van der Waals surface area (Å²) in [6.45, 7) is 1.77. The fourth-order valence-corrected chi connectivity index (χ4v) is 2.29. The zero-order chi connectivity index (χ0) is 13.1. The lowest BCUT2D eigenvalue weighted by Crippen LogP contribution is -2.27. The molecule has 1 aromatic carbocycles. The fourth-order valence-electron chi connectivity index (χ4n) is 1.57. The Hall–Kier alpha value is -1.85. The van der Waals surface area contributed by atoms with Gasteiger partial charge in [0.1, 0.15) is 11.8 Å². The number of phenols is 1. The van der Waals surface area contributed by atoms with Crippen LogP contribution in [0.15, 0.2) is 35.7 Å². The van der Waals surface area contributed by atoms with Gasteiger partial charge in [0.05, 0.1) is 5.69 Å². The van der Waals surface area contributed by atoms with E-state index in [2.05, 4.69) is 5.32 Å². The zero-order valence-corrected chi connectivity index (χ0v) is 10.7. The highest BCUT2D eigenvalue weighted by Crippen LogP contribution is 2.27. The number of carbonyl (C=O) groups is 1. The monoisotopic (exact) mass is 262 g/mol. The maximum atomic E-state index is 11.9. The quantitative estimate of drug-likeness (QED) is 0.743. The van der Waals surface area contributed by atoms with Gasteiger partial charge in [-0.25, -0.2) is 0 Å². The Labute approximate surface area is 109 Å². The van der Waals surface area contributed by atoms with E-state index in [9.17, 15) is 9.90 Å². The number of aryl methyl sites for hydroxylation is 1. The van der Waals surface area contributed by atoms with Crippen molar-refractivity contribution >= 4 is 22.9 Å². The Morgan fingerprint density at radius 3 is 2.83 bits per heavy atom. The molecule has 0 saturated carbocycles. The summed E-state index contributed by atoms with van der Waals surface area (Å²) in [5, 5.41) is 14.3. The highest BCUT2D eigenvalue weighted by molar-refractivity contribution is 7.10. The number of rotatable bonds is 3. The fraction of sp³-hybridized carbons (Fsp3) is 0.154. The second kappa shape index (κ2) is 5.20. The summed E-state index contributed by atoms with van der Waals surface area (Å²) in [5.41, 5.74) is 6.92. The lowest BCUT2D eigenvalue weighted by Gasteiger charge is -2.12. The van der Waals surface area contributed by atoms with Gasteiger partial charge in [0.25, 0.3) is 0 Å². The van der Waals surface area contributed by atoms with Gasteiger partial charge in [0.15, 0.2) is 0 Å². The zero-order valence-electron chi connectivity index (χ0n) is 9.88. The van der Waals surface area contributed by atoms with Gasteiger partial charge in [-0.3, -0.25) is 4.79 Å². The number of amides is 1. The number of carbonyl (C=O) groups excluding carboxylic acids is 1. The van der Waals surface area contributed by atoms with Crippen LogP contribution in [0.25, 0.3) is 0 Å². The van der Waals surface area contributed by atoms with Crippen LogP contribution in [0.2, 0.25) is 0 Å². The molecule has 4 nitrogen and oxygen atoms in total. The third-order valence-electron chi connectivity index (χ3n) is 2.63.